The highest BCUT2D eigenvalue weighted by molar-refractivity contribution is 5.81. The Bertz CT molecular complexity index is 934. The fraction of sp³-hybridized carbons (Fsp3) is 0.333. The maximum atomic E-state index is 12.5. The number of hydrogen-bond acceptors (Lipinski definition) is 4. The molecule has 0 heterocycles. The smallest absolute Gasteiger partial charge is 0.407 e. The normalized spacial score (nSPS) is 15.2. The van der Waals surface area contributed by atoms with Crippen LogP contribution in [0.1, 0.15) is 30.4 Å². The minimum absolute atomic E-state index is 0.0812. The molecule has 6 nitrogen and oxygen atoms in total. The Kier molecular flexibility index (Phi) is 6.43. The summed E-state index contributed by atoms with van der Waals surface area (Å²) in [5.74, 6) is 1.16. The number of alkyl carbamates (subject to hydrolysis) is 1. The summed E-state index contributed by atoms with van der Waals surface area (Å²) >= 11 is 0. The zero-order valence-electron chi connectivity index (χ0n) is 17.1. The van der Waals surface area contributed by atoms with Gasteiger partial charge in [0.05, 0.1) is 6.61 Å². The van der Waals surface area contributed by atoms with Gasteiger partial charge in [0.25, 0.3) is 0 Å². The number of ether oxygens (including phenoxy) is 2. The molecule has 1 aliphatic rings. The molecule has 0 bridgehead atoms. The van der Waals surface area contributed by atoms with Crippen LogP contribution in [0.3, 0.4) is 0 Å². The van der Waals surface area contributed by atoms with E-state index in [1.807, 2.05) is 48.5 Å². The summed E-state index contributed by atoms with van der Waals surface area (Å²) in [5, 5.41) is 12.1. The van der Waals surface area contributed by atoms with Crippen LogP contribution in [-0.2, 0) is 14.3 Å². The van der Waals surface area contributed by atoms with Crippen molar-refractivity contribution in [2.75, 3.05) is 20.3 Å². The second kappa shape index (κ2) is 9.02. The highest BCUT2D eigenvalue weighted by atomic mass is 16.5. The average Bonchev–Trinajstić information content (AvgIpc) is 3.04. The largest absolute Gasteiger partial charge is 0.480 e. The first-order valence-corrected chi connectivity index (χ1v) is 9.68. The lowest BCUT2D eigenvalue weighted by atomic mass is 9.80. The van der Waals surface area contributed by atoms with E-state index in [0.717, 1.165) is 22.3 Å². The van der Waals surface area contributed by atoms with E-state index in [1.54, 1.807) is 6.92 Å². The van der Waals surface area contributed by atoms with Gasteiger partial charge in [0, 0.05) is 24.9 Å². The Morgan fingerprint density at radius 2 is 1.73 bits per heavy atom. The van der Waals surface area contributed by atoms with Gasteiger partial charge < -0.3 is 19.9 Å². The second-order valence-electron chi connectivity index (χ2n) is 7.71. The van der Waals surface area contributed by atoms with E-state index in [-0.39, 0.29) is 25.6 Å². The van der Waals surface area contributed by atoms with Crippen molar-refractivity contribution >= 4 is 12.1 Å². The molecule has 2 aromatic rings. The molecule has 0 saturated carbocycles. The van der Waals surface area contributed by atoms with Crippen LogP contribution in [0.4, 0.5) is 4.79 Å². The standard InChI is InChI=1S/C24H25NO5/c1-4-13-24(2,15-29-3)21(22(26)27)25-23(28)30-14-20-18-11-7-5-9-16(18)17-10-6-8-12-19(17)20/h1,5-12,20-21H,13-15H2,2-3H3,(H,25,28)(H,26,27)/t21-,24-/m1/s1. The molecule has 0 unspecified atom stereocenters. The molecule has 0 radical (unpaired) electrons. The van der Waals surface area contributed by atoms with Crippen LogP contribution in [0.15, 0.2) is 48.5 Å². The van der Waals surface area contributed by atoms with Gasteiger partial charge >= 0.3 is 12.1 Å². The molecule has 0 fully saturated rings. The summed E-state index contributed by atoms with van der Waals surface area (Å²) in [4.78, 5) is 24.3. The van der Waals surface area contributed by atoms with Crippen LogP contribution >= 0.6 is 0 Å². The SMILES string of the molecule is C#CC[C@](C)(COC)[C@H](NC(=O)OCC1c2ccccc2-c2ccccc21)C(=O)O. The molecule has 0 saturated heterocycles. The third-order valence-electron chi connectivity index (χ3n) is 5.53. The van der Waals surface area contributed by atoms with Crippen molar-refractivity contribution in [2.24, 2.45) is 5.41 Å². The zero-order chi connectivity index (χ0) is 21.7. The van der Waals surface area contributed by atoms with Crippen LogP contribution in [0, 0.1) is 17.8 Å². The quantitative estimate of drug-likeness (QED) is 0.653. The maximum absolute atomic E-state index is 12.5. The van der Waals surface area contributed by atoms with Crippen molar-refractivity contribution in [3.8, 4) is 23.5 Å². The first-order chi connectivity index (χ1) is 14.4. The molecular weight excluding hydrogens is 382 g/mol. The predicted octanol–water partition coefficient (Wildman–Crippen LogP) is 3.65. The summed E-state index contributed by atoms with van der Waals surface area (Å²) in [6.07, 6.45) is 4.73. The number of fused-ring (bicyclic) bond motifs is 3. The van der Waals surface area contributed by atoms with E-state index >= 15 is 0 Å². The van der Waals surface area contributed by atoms with Gasteiger partial charge in [-0.05, 0) is 22.3 Å². The van der Waals surface area contributed by atoms with Gasteiger partial charge in [-0.2, -0.15) is 0 Å². The molecule has 0 spiro atoms. The van der Waals surface area contributed by atoms with E-state index in [1.165, 1.54) is 7.11 Å². The van der Waals surface area contributed by atoms with E-state index in [0.29, 0.717) is 0 Å². The lowest BCUT2D eigenvalue weighted by molar-refractivity contribution is -0.144. The van der Waals surface area contributed by atoms with Crippen LogP contribution < -0.4 is 5.32 Å². The van der Waals surface area contributed by atoms with Crippen molar-refractivity contribution < 1.29 is 24.2 Å². The van der Waals surface area contributed by atoms with Gasteiger partial charge in [0.2, 0.25) is 0 Å². The number of rotatable bonds is 8. The van der Waals surface area contributed by atoms with Crippen molar-refractivity contribution in [1.82, 2.24) is 5.32 Å². The number of terminal acetylenes is 1. The highest BCUT2D eigenvalue weighted by Crippen LogP contribution is 2.44. The van der Waals surface area contributed by atoms with Gasteiger partial charge in [-0.25, -0.2) is 9.59 Å². The van der Waals surface area contributed by atoms with Crippen LogP contribution in [0.2, 0.25) is 0 Å². The third kappa shape index (κ3) is 4.17. The van der Waals surface area contributed by atoms with Gasteiger partial charge in [0.15, 0.2) is 0 Å². The Morgan fingerprint density at radius 3 is 2.23 bits per heavy atom. The van der Waals surface area contributed by atoms with Crippen molar-refractivity contribution in [1.29, 1.82) is 0 Å². The Hall–Kier alpha value is -3.30. The topological polar surface area (TPSA) is 84.9 Å². The molecule has 30 heavy (non-hydrogen) atoms. The number of carboxylic acid groups (broad SMARTS) is 1. The average molecular weight is 407 g/mol. The van der Waals surface area contributed by atoms with Gasteiger partial charge in [-0.3, -0.25) is 0 Å². The number of nitrogens with one attached hydrogen (secondary N) is 1. The first kappa shape index (κ1) is 21.4. The molecule has 3 rings (SSSR count). The van der Waals surface area contributed by atoms with E-state index in [9.17, 15) is 14.7 Å². The van der Waals surface area contributed by atoms with Crippen LogP contribution in [0.5, 0.6) is 0 Å². The Morgan fingerprint density at radius 1 is 1.17 bits per heavy atom. The molecule has 1 aliphatic carbocycles. The summed E-state index contributed by atoms with van der Waals surface area (Å²) in [6, 6.07) is 14.7. The molecule has 0 aromatic heterocycles. The Balaban J connectivity index is 1.74. The minimum atomic E-state index is -1.25. The number of carbonyl (C=O) groups is 2. The number of carboxylic acids is 1. The molecular formula is C24H25NO5. The minimum Gasteiger partial charge on any atom is -0.480 e. The molecule has 156 valence electrons. The molecule has 2 aromatic carbocycles. The summed E-state index contributed by atoms with van der Waals surface area (Å²) in [7, 11) is 1.46. The lowest BCUT2D eigenvalue weighted by Gasteiger charge is -2.33. The number of methoxy groups -OCH3 is 1. The maximum Gasteiger partial charge on any atom is 0.407 e. The summed E-state index contributed by atoms with van der Waals surface area (Å²) in [5.41, 5.74) is 3.43. The molecule has 2 atom stereocenters. The number of amides is 1. The van der Waals surface area contributed by atoms with Crippen molar-refractivity contribution in [3.63, 3.8) is 0 Å². The van der Waals surface area contributed by atoms with Crippen molar-refractivity contribution in [2.45, 2.75) is 25.3 Å². The summed E-state index contributed by atoms with van der Waals surface area (Å²) < 4.78 is 10.6. The predicted molar refractivity (Wildman–Crippen MR) is 113 cm³/mol. The highest BCUT2D eigenvalue weighted by Gasteiger charge is 2.41. The second-order valence-corrected chi connectivity index (χ2v) is 7.71. The number of aliphatic carboxylic acids is 1. The number of carbonyl (C=O) groups excluding carboxylic acids is 1. The van der Waals surface area contributed by atoms with Crippen LogP contribution in [-0.4, -0.2) is 43.5 Å². The third-order valence-corrected chi connectivity index (χ3v) is 5.53. The first-order valence-electron chi connectivity index (χ1n) is 9.68. The number of benzene rings is 2. The van der Waals surface area contributed by atoms with E-state index in [2.05, 4.69) is 11.2 Å². The molecule has 1 amide bonds. The van der Waals surface area contributed by atoms with Crippen molar-refractivity contribution in [3.05, 3.63) is 59.7 Å². The molecule has 6 heteroatoms. The van der Waals surface area contributed by atoms with Gasteiger partial charge in [0.1, 0.15) is 12.6 Å². The molecule has 2 N–H and O–H groups in total. The van der Waals surface area contributed by atoms with E-state index < -0.39 is 23.5 Å². The zero-order valence-corrected chi connectivity index (χ0v) is 17.1. The number of hydrogen-bond donors (Lipinski definition) is 2. The lowest BCUT2D eigenvalue weighted by Crippen LogP contribution is -2.53. The van der Waals surface area contributed by atoms with E-state index in [4.69, 9.17) is 15.9 Å². The fourth-order valence-electron chi connectivity index (χ4n) is 4.09. The van der Waals surface area contributed by atoms with Crippen LogP contribution in [0.25, 0.3) is 11.1 Å². The fourth-order valence-corrected chi connectivity index (χ4v) is 4.09. The Labute approximate surface area is 176 Å². The van der Waals surface area contributed by atoms with Gasteiger partial charge in [-0.1, -0.05) is 55.5 Å². The summed E-state index contributed by atoms with van der Waals surface area (Å²) in [6.45, 7) is 1.85. The van der Waals surface area contributed by atoms with Gasteiger partial charge in [-0.15, -0.1) is 12.3 Å². The molecule has 0 aliphatic heterocycles. The monoisotopic (exact) mass is 407 g/mol.